The Labute approximate surface area is 113 Å². The number of aliphatic carboxylic acids is 1. The first-order chi connectivity index (χ1) is 8.78. The van der Waals surface area contributed by atoms with Crippen LogP contribution in [0.3, 0.4) is 0 Å². The quantitative estimate of drug-likeness (QED) is 0.844. The van der Waals surface area contributed by atoms with Gasteiger partial charge in [-0.2, -0.15) is 0 Å². The Hall–Kier alpha value is -1.30. The van der Waals surface area contributed by atoms with Crippen LogP contribution in [0.5, 0.6) is 0 Å². The van der Waals surface area contributed by atoms with Crippen LogP contribution in [-0.4, -0.2) is 54.0 Å². The van der Waals surface area contributed by atoms with Crippen molar-refractivity contribution in [3.05, 3.63) is 0 Å². The molecular formula is C13H23NO5. The van der Waals surface area contributed by atoms with Gasteiger partial charge in [0, 0.05) is 19.0 Å². The Kier molecular flexibility index (Phi) is 5.60. The maximum Gasteiger partial charge on any atom is 0.410 e. The van der Waals surface area contributed by atoms with E-state index in [9.17, 15) is 9.59 Å². The van der Waals surface area contributed by atoms with Gasteiger partial charge in [0.25, 0.3) is 0 Å². The monoisotopic (exact) mass is 273 g/mol. The minimum atomic E-state index is -0.972. The third-order valence-corrected chi connectivity index (χ3v) is 2.75. The van der Waals surface area contributed by atoms with E-state index in [1.807, 2.05) is 20.8 Å². The third kappa shape index (κ3) is 6.42. The summed E-state index contributed by atoms with van der Waals surface area (Å²) in [4.78, 5) is 23.9. The second kappa shape index (κ2) is 6.75. The molecule has 0 bridgehead atoms. The van der Waals surface area contributed by atoms with Gasteiger partial charge in [0.1, 0.15) is 12.2 Å². The fourth-order valence-corrected chi connectivity index (χ4v) is 2.01. The summed E-state index contributed by atoms with van der Waals surface area (Å²) in [6.07, 6.45) is 1.52. The van der Waals surface area contributed by atoms with Crippen LogP contribution in [-0.2, 0) is 14.3 Å². The molecule has 0 radical (unpaired) electrons. The van der Waals surface area contributed by atoms with Crippen molar-refractivity contribution in [2.45, 2.75) is 39.2 Å². The van der Waals surface area contributed by atoms with Gasteiger partial charge in [-0.25, -0.2) is 9.59 Å². The van der Waals surface area contributed by atoms with Crippen LogP contribution in [0, 0.1) is 5.92 Å². The van der Waals surface area contributed by atoms with Crippen molar-refractivity contribution < 1.29 is 24.2 Å². The minimum Gasteiger partial charge on any atom is -0.480 e. The molecule has 0 saturated carbocycles. The predicted molar refractivity (Wildman–Crippen MR) is 69.0 cm³/mol. The second-order valence-electron chi connectivity index (χ2n) is 5.84. The number of rotatable bonds is 4. The van der Waals surface area contributed by atoms with Crippen molar-refractivity contribution in [1.29, 1.82) is 0 Å². The van der Waals surface area contributed by atoms with E-state index in [2.05, 4.69) is 0 Å². The first kappa shape index (κ1) is 15.8. The zero-order valence-electron chi connectivity index (χ0n) is 11.8. The molecule has 0 aromatic rings. The highest BCUT2D eigenvalue weighted by Gasteiger charge is 2.27. The first-order valence-corrected chi connectivity index (χ1v) is 6.55. The summed E-state index contributed by atoms with van der Waals surface area (Å²) in [7, 11) is 0. The average molecular weight is 273 g/mol. The van der Waals surface area contributed by atoms with Crippen LogP contribution in [0.15, 0.2) is 0 Å². The highest BCUT2D eigenvalue weighted by Crippen LogP contribution is 2.19. The normalized spacial score (nSPS) is 20.2. The lowest BCUT2D eigenvalue weighted by atomic mass is 9.99. The summed E-state index contributed by atoms with van der Waals surface area (Å²) in [6.45, 7) is 6.83. The fraction of sp³-hybridized carbons (Fsp3) is 0.846. The van der Waals surface area contributed by atoms with Gasteiger partial charge in [-0.3, -0.25) is 0 Å². The Morgan fingerprint density at radius 3 is 2.63 bits per heavy atom. The highest BCUT2D eigenvalue weighted by molar-refractivity contribution is 5.68. The standard InChI is InChI=1S/C13H23NO5/c1-13(2,3)19-12(17)14-6-4-5-10(7-14)8-18-9-11(15)16/h10H,4-9H2,1-3H3,(H,15,16)/t10-/m1/s1. The van der Waals surface area contributed by atoms with E-state index in [1.54, 1.807) is 4.90 Å². The van der Waals surface area contributed by atoms with Crippen molar-refractivity contribution in [2.75, 3.05) is 26.3 Å². The molecule has 1 rings (SSSR count). The number of nitrogens with zero attached hydrogens (tertiary/aromatic N) is 1. The molecule has 19 heavy (non-hydrogen) atoms. The van der Waals surface area contributed by atoms with Crippen LogP contribution < -0.4 is 0 Å². The molecular weight excluding hydrogens is 250 g/mol. The number of amides is 1. The van der Waals surface area contributed by atoms with Crippen LogP contribution in [0.25, 0.3) is 0 Å². The number of ether oxygens (including phenoxy) is 2. The van der Waals surface area contributed by atoms with Gasteiger partial charge in [-0.15, -0.1) is 0 Å². The third-order valence-electron chi connectivity index (χ3n) is 2.75. The van der Waals surface area contributed by atoms with Crippen LogP contribution in [0.4, 0.5) is 4.79 Å². The number of carbonyl (C=O) groups is 2. The van der Waals surface area contributed by atoms with Gasteiger partial charge in [-0.1, -0.05) is 0 Å². The maximum atomic E-state index is 11.9. The smallest absolute Gasteiger partial charge is 0.410 e. The van der Waals surface area contributed by atoms with Crippen LogP contribution >= 0.6 is 0 Å². The molecule has 1 heterocycles. The number of hydrogen-bond acceptors (Lipinski definition) is 4. The van der Waals surface area contributed by atoms with E-state index < -0.39 is 11.6 Å². The number of likely N-dealkylation sites (tertiary alicyclic amines) is 1. The Bertz CT molecular complexity index is 323. The van der Waals surface area contributed by atoms with E-state index in [1.165, 1.54) is 0 Å². The SMILES string of the molecule is CC(C)(C)OC(=O)N1CCC[C@@H](COCC(=O)O)C1. The maximum absolute atomic E-state index is 11.9. The molecule has 0 aliphatic carbocycles. The van der Waals surface area contributed by atoms with Gasteiger partial charge in [0.2, 0.25) is 0 Å². The molecule has 1 atom stereocenters. The molecule has 1 aliphatic heterocycles. The van der Waals surface area contributed by atoms with Crippen LogP contribution in [0.1, 0.15) is 33.6 Å². The highest BCUT2D eigenvalue weighted by atomic mass is 16.6. The molecule has 1 saturated heterocycles. The summed E-state index contributed by atoms with van der Waals surface area (Å²) in [5, 5.41) is 8.50. The van der Waals surface area contributed by atoms with Gasteiger partial charge < -0.3 is 19.5 Å². The number of carboxylic acids is 1. The van der Waals surface area contributed by atoms with E-state index in [0.717, 1.165) is 12.8 Å². The summed E-state index contributed by atoms with van der Waals surface area (Å²) in [6, 6.07) is 0. The summed E-state index contributed by atoms with van der Waals surface area (Å²) in [5.41, 5.74) is -0.496. The Balaban J connectivity index is 2.37. The number of hydrogen-bond donors (Lipinski definition) is 1. The zero-order valence-corrected chi connectivity index (χ0v) is 11.8. The van der Waals surface area contributed by atoms with Gasteiger partial charge in [0.05, 0.1) is 6.61 Å². The molecule has 6 heteroatoms. The predicted octanol–water partition coefficient (Wildman–Crippen LogP) is 1.73. The van der Waals surface area contributed by atoms with Gasteiger partial charge >= 0.3 is 12.1 Å². The molecule has 0 unspecified atom stereocenters. The molecule has 0 spiro atoms. The molecule has 6 nitrogen and oxygen atoms in total. The molecule has 1 amide bonds. The van der Waals surface area contributed by atoms with Crippen molar-refractivity contribution in [2.24, 2.45) is 5.92 Å². The summed E-state index contributed by atoms with van der Waals surface area (Å²) < 4.78 is 10.4. The molecule has 1 aliphatic rings. The minimum absolute atomic E-state index is 0.181. The average Bonchev–Trinajstić information content (AvgIpc) is 2.26. The van der Waals surface area contributed by atoms with E-state index in [-0.39, 0.29) is 18.6 Å². The van der Waals surface area contributed by atoms with Crippen molar-refractivity contribution in [1.82, 2.24) is 4.90 Å². The Morgan fingerprint density at radius 1 is 1.37 bits per heavy atom. The lowest BCUT2D eigenvalue weighted by molar-refractivity contribution is -0.142. The van der Waals surface area contributed by atoms with Gasteiger partial charge in [-0.05, 0) is 33.6 Å². The van der Waals surface area contributed by atoms with Gasteiger partial charge in [0.15, 0.2) is 0 Å². The lowest BCUT2D eigenvalue weighted by Crippen LogP contribution is -2.43. The van der Waals surface area contributed by atoms with E-state index in [4.69, 9.17) is 14.6 Å². The molecule has 1 fully saturated rings. The lowest BCUT2D eigenvalue weighted by Gasteiger charge is -2.33. The molecule has 0 aromatic carbocycles. The molecule has 110 valence electrons. The second-order valence-corrected chi connectivity index (χ2v) is 5.84. The van der Waals surface area contributed by atoms with Crippen LogP contribution in [0.2, 0.25) is 0 Å². The van der Waals surface area contributed by atoms with E-state index >= 15 is 0 Å². The largest absolute Gasteiger partial charge is 0.480 e. The Morgan fingerprint density at radius 2 is 2.05 bits per heavy atom. The zero-order chi connectivity index (χ0) is 14.5. The first-order valence-electron chi connectivity index (χ1n) is 6.55. The summed E-state index contributed by atoms with van der Waals surface area (Å²) >= 11 is 0. The molecule has 0 aromatic heterocycles. The van der Waals surface area contributed by atoms with Crippen molar-refractivity contribution in [3.8, 4) is 0 Å². The summed E-state index contributed by atoms with van der Waals surface area (Å²) in [5.74, 6) is -0.791. The fourth-order valence-electron chi connectivity index (χ4n) is 2.01. The van der Waals surface area contributed by atoms with Crippen molar-refractivity contribution >= 4 is 12.1 Å². The number of piperidine rings is 1. The van der Waals surface area contributed by atoms with E-state index in [0.29, 0.717) is 19.7 Å². The molecule has 1 N–H and O–H groups in total. The number of carboxylic acid groups (broad SMARTS) is 1. The topological polar surface area (TPSA) is 76.1 Å². The number of carbonyl (C=O) groups excluding carboxylic acids is 1. The van der Waals surface area contributed by atoms with Crippen molar-refractivity contribution in [3.63, 3.8) is 0 Å².